The minimum absolute atomic E-state index is 0.0433. The molecule has 1 heterocycles. The Kier molecular flexibility index (Phi) is 3.75. The zero-order valence-corrected chi connectivity index (χ0v) is 11.7. The monoisotopic (exact) mass is 268 g/mol. The van der Waals surface area contributed by atoms with E-state index in [1.165, 1.54) is 0 Å². The van der Waals surface area contributed by atoms with Crippen LogP contribution in [0.1, 0.15) is 13.8 Å². The van der Waals surface area contributed by atoms with E-state index in [0.717, 1.165) is 6.54 Å². The summed E-state index contributed by atoms with van der Waals surface area (Å²) < 4.78 is 26.6. The lowest BCUT2D eigenvalue weighted by molar-refractivity contribution is 0.289. The number of hydrogen-bond donors (Lipinski definition) is 1. The van der Waals surface area contributed by atoms with Crippen molar-refractivity contribution >= 4 is 10.0 Å². The van der Waals surface area contributed by atoms with Gasteiger partial charge in [0.15, 0.2) is 0 Å². The topological polar surface area (TPSA) is 49.4 Å². The minimum Gasteiger partial charge on any atom is -0.315 e. The fraction of sp³-hybridized carbons (Fsp3) is 0.538. The molecule has 0 saturated carbocycles. The first kappa shape index (κ1) is 13.5. The largest absolute Gasteiger partial charge is 0.315 e. The Morgan fingerprint density at radius 1 is 1.22 bits per heavy atom. The summed E-state index contributed by atoms with van der Waals surface area (Å²) in [6, 6.07) is 8.65. The van der Waals surface area contributed by atoms with E-state index in [2.05, 4.69) is 19.2 Å². The highest BCUT2D eigenvalue weighted by atomic mass is 32.2. The Bertz CT molecular complexity index is 497. The highest BCUT2D eigenvalue weighted by molar-refractivity contribution is 7.89. The van der Waals surface area contributed by atoms with E-state index in [0.29, 0.717) is 24.5 Å². The van der Waals surface area contributed by atoms with E-state index in [9.17, 15) is 8.42 Å². The smallest absolute Gasteiger partial charge is 0.243 e. The molecular weight excluding hydrogens is 248 g/mol. The standard InChI is InChI=1S/C13H20N2O2S/c1-13(2)10-14-8-9-15(11-13)18(16,17)12-6-4-3-5-7-12/h3-7,14H,8-11H2,1-2H3. The van der Waals surface area contributed by atoms with Gasteiger partial charge in [0.1, 0.15) is 0 Å². The van der Waals surface area contributed by atoms with Crippen LogP contribution in [-0.4, -0.2) is 38.9 Å². The molecule has 0 amide bonds. The first-order valence-electron chi connectivity index (χ1n) is 6.18. The lowest BCUT2D eigenvalue weighted by atomic mass is 9.94. The van der Waals surface area contributed by atoms with Crippen molar-refractivity contribution in [3.05, 3.63) is 30.3 Å². The van der Waals surface area contributed by atoms with E-state index in [-0.39, 0.29) is 5.41 Å². The quantitative estimate of drug-likeness (QED) is 0.880. The van der Waals surface area contributed by atoms with Crippen molar-refractivity contribution in [2.24, 2.45) is 5.41 Å². The van der Waals surface area contributed by atoms with Gasteiger partial charge in [0.25, 0.3) is 0 Å². The lowest BCUT2D eigenvalue weighted by Gasteiger charge is -2.28. The van der Waals surface area contributed by atoms with Gasteiger partial charge in [-0.2, -0.15) is 4.31 Å². The van der Waals surface area contributed by atoms with E-state index in [1.807, 2.05) is 6.07 Å². The van der Waals surface area contributed by atoms with Gasteiger partial charge in [-0.3, -0.25) is 0 Å². The zero-order valence-electron chi connectivity index (χ0n) is 10.9. The summed E-state index contributed by atoms with van der Waals surface area (Å²) in [5.41, 5.74) is -0.0433. The average Bonchev–Trinajstić information content (AvgIpc) is 2.51. The fourth-order valence-electron chi connectivity index (χ4n) is 2.19. The van der Waals surface area contributed by atoms with Gasteiger partial charge < -0.3 is 5.32 Å². The van der Waals surface area contributed by atoms with Crippen LogP contribution in [0.4, 0.5) is 0 Å². The molecule has 1 aromatic rings. The van der Waals surface area contributed by atoms with Gasteiger partial charge in [-0.05, 0) is 17.5 Å². The average molecular weight is 268 g/mol. The summed E-state index contributed by atoms with van der Waals surface area (Å²) >= 11 is 0. The summed E-state index contributed by atoms with van der Waals surface area (Å²) in [4.78, 5) is 0.378. The van der Waals surface area contributed by atoms with Gasteiger partial charge in [0, 0.05) is 26.2 Å². The summed E-state index contributed by atoms with van der Waals surface area (Å²) in [7, 11) is -3.36. The van der Waals surface area contributed by atoms with Gasteiger partial charge in [-0.1, -0.05) is 32.0 Å². The zero-order chi connectivity index (χ0) is 13.2. The molecule has 5 heteroatoms. The predicted octanol–water partition coefficient (Wildman–Crippen LogP) is 1.31. The molecule has 0 bridgehead atoms. The van der Waals surface area contributed by atoms with E-state index in [1.54, 1.807) is 28.6 Å². The molecule has 1 saturated heterocycles. The maximum Gasteiger partial charge on any atom is 0.243 e. The summed E-state index contributed by atoms with van der Waals surface area (Å²) in [6.07, 6.45) is 0. The molecule has 0 aromatic heterocycles. The van der Waals surface area contributed by atoms with Crippen LogP contribution in [0.25, 0.3) is 0 Å². The first-order chi connectivity index (χ1) is 8.42. The molecule has 1 fully saturated rings. The van der Waals surface area contributed by atoms with Crippen molar-refractivity contribution in [1.82, 2.24) is 9.62 Å². The van der Waals surface area contributed by atoms with E-state index < -0.39 is 10.0 Å². The summed E-state index contributed by atoms with van der Waals surface area (Å²) in [5, 5.41) is 3.28. The molecule has 1 aromatic carbocycles. The Balaban J connectivity index is 2.30. The molecule has 1 aliphatic heterocycles. The number of hydrogen-bond acceptors (Lipinski definition) is 3. The molecule has 18 heavy (non-hydrogen) atoms. The molecule has 0 atom stereocenters. The molecule has 100 valence electrons. The van der Waals surface area contributed by atoms with Crippen LogP contribution in [0.15, 0.2) is 35.2 Å². The fourth-order valence-corrected chi connectivity index (χ4v) is 3.84. The second-order valence-electron chi connectivity index (χ2n) is 5.49. The number of nitrogens with zero attached hydrogens (tertiary/aromatic N) is 1. The Labute approximate surface area is 109 Å². The van der Waals surface area contributed by atoms with Crippen LogP contribution < -0.4 is 5.32 Å². The van der Waals surface area contributed by atoms with Crippen LogP contribution in [0, 0.1) is 5.41 Å². The van der Waals surface area contributed by atoms with Crippen molar-refractivity contribution in [2.75, 3.05) is 26.2 Å². The molecule has 2 rings (SSSR count). The number of nitrogens with one attached hydrogen (secondary N) is 1. The van der Waals surface area contributed by atoms with Crippen molar-refractivity contribution in [3.63, 3.8) is 0 Å². The third-order valence-corrected chi connectivity index (χ3v) is 4.99. The summed E-state index contributed by atoms with van der Waals surface area (Å²) in [6.45, 7) is 6.79. The van der Waals surface area contributed by atoms with Gasteiger partial charge in [-0.25, -0.2) is 8.42 Å². The molecule has 4 nitrogen and oxygen atoms in total. The number of sulfonamides is 1. The maximum atomic E-state index is 12.5. The van der Waals surface area contributed by atoms with Crippen molar-refractivity contribution in [2.45, 2.75) is 18.7 Å². The van der Waals surface area contributed by atoms with Crippen LogP contribution in [0.2, 0.25) is 0 Å². The van der Waals surface area contributed by atoms with Gasteiger partial charge in [-0.15, -0.1) is 0 Å². The third kappa shape index (κ3) is 2.91. The third-order valence-electron chi connectivity index (χ3n) is 3.13. The van der Waals surface area contributed by atoms with Crippen molar-refractivity contribution in [1.29, 1.82) is 0 Å². The predicted molar refractivity (Wildman–Crippen MR) is 71.9 cm³/mol. The van der Waals surface area contributed by atoms with E-state index >= 15 is 0 Å². The molecule has 1 aliphatic rings. The van der Waals surface area contributed by atoms with Crippen LogP contribution in [0.3, 0.4) is 0 Å². The van der Waals surface area contributed by atoms with Crippen molar-refractivity contribution < 1.29 is 8.42 Å². The maximum absolute atomic E-state index is 12.5. The second-order valence-corrected chi connectivity index (χ2v) is 7.43. The molecule has 0 aliphatic carbocycles. The normalized spacial score (nSPS) is 21.4. The Morgan fingerprint density at radius 2 is 1.89 bits per heavy atom. The lowest BCUT2D eigenvalue weighted by Crippen LogP contribution is -2.39. The minimum atomic E-state index is -3.36. The molecular formula is C13H20N2O2S. The molecule has 1 N–H and O–H groups in total. The van der Waals surface area contributed by atoms with Gasteiger partial charge >= 0.3 is 0 Å². The highest BCUT2D eigenvalue weighted by Crippen LogP contribution is 2.23. The highest BCUT2D eigenvalue weighted by Gasteiger charge is 2.32. The number of benzene rings is 1. The van der Waals surface area contributed by atoms with Crippen molar-refractivity contribution in [3.8, 4) is 0 Å². The Morgan fingerprint density at radius 3 is 2.56 bits per heavy atom. The van der Waals surface area contributed by atoms with Crippen LogP contribution in [0.5, 0.6) is 0 Å². The molecule has 0 spiro atoms. The van der Waals surface area contributed by atoms with Crippen LogP contribution >= 0.6 is 0 Å². The summed E-state index contributed by atoms with van der Waals surface area (Å²) in [5.74, 6) is 0. The van der Waals surface area contributed by atoms with E-state index in [4.69, 9.17) is 0 Å². The first-order valence-corrected chi connectivity index (χ1v) is 7.62. The van der Waals surface area contributed by atoms with Crippen LogP contribution in [-0.2, 0) is 10.0 Å². The van der Waals surface area contributed by atoms with Gasteiger partial charge in [0.2, 0.25) is 10.0 Å². The number of rotatable bonds is 2. The molecule has 0 unspecified atom stereocenters. The SMILES string of the molecule is CC1(C)CNCCN(S(=O)(=O)c2ccccc2)C1. The molecule has 0 radical (unpaired) electrons. The Hall–Kier alpha value is -0.910. The second kappa shape index (κ2) is 4.99. The van der Waals surface area contributed by atoms with Gasteiger partial charge in [0.05, 0.1) is 4.90 Å².